The molecule has 0 spiro atoms. The van der Waals surface area contributed by atoms with Gasteiger partial charge in [0.1, 0.15) is 19.0 Å². The van der Waals surface area contributed by atoms with Crippen LogP contribution in [0, 0.1) is 12.3 Å². The Labute approximate surface area is 243 Å². The molecule has 0 saturated carbocycles. The zero-order valence-electron chi connectivity index (χ0n) is 23.5. The number of amides is 2. The van der Waals surface area contributed by atoms with Gasteiger partial charge < -0.3 is 34.7 Å². The van der Waals surface area contributed by atoms with Crippen LogP contribution in [0.4, 0.5) is 4.79 Å². The summed E-state index contributed by atoms with van der Waals surface area (Å²) >= 11 is 0. The summed E-state index contributed by atoms with van der Waals surface area (Å²) in [4.78, 5) is 24.6. The van der Waals surface area contributed by atoms with E-state index in [1.54, 1.807) is 31.3 Å². The van der Waals surface area contributed by atoms with Crippen LogP contribution in [0.5, 0.6) is 17.2 Å². The summed E-state index contributed by atoms with van der Waals surface area (Å²) in [6.07, 6.45) is 5.74. The Morgan fingerprint density at radius 2 is 1.93 bits per heavy atom. The third kappa shape index (κ3) is 6.92. The Hall–Kier alpha value is -5.21. The fraction of sp³-hybridized carbons (Fsp3) is 0.258. The number of nitrogens with one attached hydrogen (secondary N) is 3. The molecule has 3 aromatic rings. The van der Waals surface area contributed by atoms with Crippen LogP contribution in [-0.2, 0) is 9.53 Å². The molecular formula is C31H32N4O7. The maximum Gasteiger partial charge on any atom is 0.337 e. The predicted molar refractivity (Wildman–Crippen MR) is 157 cm³/mol. The molecule has 0 radical (unpaired) electrons. The highest BCUT2D eigenvalue weighted by Gasteiger charge is 2.32. The number of aliphatic hydroxyl groups is 1. The molecule has 0 saturated heterocycles. The first-order valence-corrected chi connectivity index (χ1v) is 13.2. The third-order valence-electron chi connectivity index (χ3n) is 6.33. The fourth-order valence-corrected chi connectivity index (χ4v) is 4.46. The van der Waals surface area contributed by atoms with Crippen LogP contribution in [0.15, 0.2) is 71.0 Å². The highest BCUT2D eigenvalue weighted by atomic mass is 16.5. The van der Waals surface area contributed by atoms with Crippen molar-refractivity contribution in [2.75, 3.05) is 26.9 Å². The van der Waals surface area contributed by atoms with Gasteiger partial charge in [-0.2, -0.15) is 5.10 Å². The number of terminal acetylenes is 1. The van der Waals surface area contributed by atoms with Gasteiger partial charge in [-0.1, -0.05) is 42.3 Å². The summed E-state index contributed by atoms with van der Waals surface area (Å²) in [5.74, 6) is 3.16. The summed E-state index contributed by atoms with van der Waals surface area (Å²) in [7, 11) is 1.27. The van der Waals surface area contributed by atoms with Gasteiger partial charge in [0, 0.05) is 11.3 Å². The standard InChI is InChI=1S/C31H32N4O7/c1-5-15-41-24-13-11-20-9-7-8-10-22(20)23(24)17-32-35-27(36)18-42-25-14-12-21(16-26(25)40-6-2)29-28(30(37)39-4)19(3)33-31(38)34-29/h1,7-14,16-17,27,29,35-36H,6,15,18H2,2-4H3,(H2,33,34,38)/b32-17+/t27-,29+/m1/s1. The van der Waals surface area contributed by atoms with Crippen molar-refractivity contribution in [1.29, 1.82) is 0 Å². The first-order valence-electron chi connectivity index (χ1n) is 13.2. The number of hydrazone groups is 1. The minimum Gasteiger partial charge on any atom is -0.490 e. The van der Waals surface area contributed by atoms with Crippen molar-refractivity contribution in [2.45, 2.75) is 26.1 Å². The van der Waals surface area contributed by atoms with Crippen molar-refractivity contribution >= 4 is 29.0 Å². The molecule has 1 aliphatic rings. The highest BCUT2D eigenvalue weighted by Crippen LogP contribution is 2.35. The molecule has 11 heteroatoms. The van der Waals surface area contributed by atoms with E-state index in [9.17, 15) is 14.7 Å². The lowest BCUT2D eigenvalue weighted by Gasteiger charge is -2.28. The second-order valence-electron chi connectivity index (χ2n) is 9.11. The summed E-state index contributed by atoms with van der Waals surface area (Å²) in [6, 6.07) is 15.3. The topological polar surface area (TPSA) is 140 Å². The summed E-state index contributed by atoms with van der Waals surface area (Å²) in [6.45, 7) is 3.71. The van der Waals surface area contributed by atoms with Crippen LogP contribution in [0.25, 0.3) is 10.8 Å². The Morgan fingerprint density at radius 3 is 2.69 bits per heavy atom. The van der Waals surface area contributed by atoms with Crippen molar-refractivity contribution < 1.29 is 33.6 Å². The largest absolute Gasteiger partial charge is 0.490 e. The number of carbonyl (C=O) groups excluding carboxylic acids is 2. The molecule has 0 fully saturated rings. The summed E-state index contributed by atoms with van der Waals surface area (Å²) in [5.41, 5.74) is 4.60. The molecule has 0 bridgehead atoms. The van der Waals surface area contributed by atoms with E-state index in [1.165, 1.54) is 7.11 Å². The number of carbonyl (C=O) groups is 2. The van der Waals surface area contributed by atoms with E-state index in [0.29, 0.717) is 40.7 Å². The molecule has 4 rings (SSSR count). The van der Waals surface area contributed by atoms with E-state index < -0.39 is 24.3 Å². The SMILES string of the molecule is C#CCOc1ccc2ccccc2c1/C=N/N[C@H](O)COc1ccc([C@@H]2NC(=O)NC(C)=C2C(=O)OC)cc1OCC. The number of hydrogen-bond acceptors (Lipinski definition) is 9. The molecule has 11 nitrogen and oxygen atoms in total. The molecule has 2 atom stereocenters. The van der Waals surface area contributed by atoms with E-state index in [-0.39, 0.29) is 18.8 Å². The molecule has 0 aliphatic carbocycles. The number of urea groups is 1. The Balaban J connectivity index is 1.47. The molecule has 4 N–H and O–H groups in total. The lowest BCUT2D eigenvalue weighted by Crippen LogP contribution is -2.45. The molecule has 0 aromatic heterocycles. The molecule has 1 heterocycles. The Morgan fingerprint density at radius 1 is 1.14 bits per heavy atom. The van der Waals surface area contributed by atoms with Crippen LogP contribution in [0.3, 0.4) is 0 Å². The maximum atomic E-state index is 12.4. The van der Waals surface area contributed by atoms with Gasteiger partial charge in [0.15, 0.2) is 17.7 Å². The predicted octanol–water partition coefficient (Wildman–Crippen LogP) is 3.37. The number of benzene rings is 3. The van der Waals surface area contributed by atoms with Gasteiger partial charge >= 0.3 is 12.0 Å². The summed E-state index contributed by atoms with van der Waals surface area (Å²) < 4.78 is 22.2. The van der Waals surface area contributed by atoms with E-state index in [2.05, 4.69) is 27.1 Å². The van der Waals surface area contributed by atoms with Crippen molar-refractivity contribution in [3.05, 3.63) is 77.0 Å². The average Bonchev–Trinajstić information content (AvgIpc) is 2.99. The first kappa shape index (κ1) is 29.8. The van der Waals surface area contributed by atoms with E-state index in [4.69, 9.17) is 25.4 Å². The second kappa shape index (κ2) is 13.9. The normalized spacial score (nSPS) is 15.4. The van der Waals surface area contributed by atoms with Gasteiger partial charge in [0.25, 0.3) is 0 Å². The number of ether oxygens (including phenoxy) is 4. The van der Waals surface area contributed by atoms with Gasteiger partial charge in [-0.3, -0.25) is 5.43 Å². The number of rotatable bonds is 12. The molecule has 1 aliphatic heterocycles. The van der Waals surface area contributed by atoms with Crippen molar-refractivity contribution in [2.24, 2.45) is 5.10 Å². The monoisotopic (exact) mass is 572 g/mol. The molecular weight excluding hydrogens is 540 g/mol. The third-order valence-corrected chi connectivity index (χ3v) is 6.33. The molecule has 218 valence electrons. The van der Waals surface area contributed by atoms with Crippen molar-refractivity contribution in [3.63, 3.8) is 0 Å². The lowest BCUT2D eigenvalue weighted by atomic mass is 9.95. The minimum absolute atomic E-state index is 0.105. The number of allylic oxidation sites excluding steroid dienone is 1. The van der Waals surface area contributed by atoms with Crippen LogP contribution < -0.4 is 30.3 Å². The average molecular weight is 573 g/mol. The fourth-order valence-electron chi connectivity index (χ4n) is 4.46. The lowest BCUT2D eigenvalue weighted by molar-refractivity contribution is -0.136. The zero-order valence-corrected chi connectivity index (χ0v) is 23.5. The molecule has 42 heavy (non-hydrogen) atoms. The maximum absolute atomic E-state index is 12.4. The van der Waals surface area contributed by atoms with Crippen molar-refractivity contribution in [3.8, 4) is 29.6 Å². The van der Waals surface area contributed by atoms with Crippen LogP contribution >= 0.6 is 0 Å². The summed E-state index contributed by atoms with van der Waals surface area (Å²) in [5, 5.41) is 21.9. The van der Waals surface area contributed by atoms with Gasteiger partial charge in [-0.05, 0) is 48.4 Å². The zero-order chi connectivity index (χ0) is 30.1. The number of hydrogen-bond donors (Lipinski definition) is 4. The number of nitrogens with zero attached hydrogens (tertiary/aromatic N) is 1. The van der Waals surface area contributed by atoms with Gasteiger partial charge in [-0.25, -0.2) is 9.59 Å². The second-order valence-corrected chi connectivity index (χ2v) is 9.11. The van der Waals surface area contributed by atoms with Gasteiger partial charge in [0.05, 0.1) is 31.5 Å². The first-order chi connectivity index (χ1) is 20.4. The number of methoxy groups -OCH3 is 1. The molecule has 0 unspecified atom stereocenters. The van der Waals surface area contributed by atoms with Gasteiger partial charge in [0.2, 0.25) is 0 Å². The van der Waals surface area contributed by atoms with Crippen LogP contribution in [0.1, 0.15) is 31.0 Å². The van der Waals surface area contributed by atoms with E-state index >= 15 is 0 Å². The quantitative estimate of drug-likeness (QED) is 0.0852. The minimum atomic E-state index is -1.17. The van der Waals surface area contributed by atoms with Gasteiger partial charge in [-0.15, -0.1) is 6.42 Å². The smallest absolute Gasteiger partial charge is 0.337 e. The number of esters is 1. The molecule has 3 aromatic carbocycles. The van der Waals surface area contributed by atoms with Crippen molar-refractivity contribution in [1.82, 2.24) is 16.1 Å². The molecule has 2 amide bonds. The Bertz CT molecular complexity index is 1560. The Kier molecular flexibility index (Phi) is 9.86. The number of fused-ring (bicyclic) bond motifs is 1. The number of aliphatic hydroxyl groups excluding tert-OH is 1. The van der Waals surface area contributed by atoms with E-state index in [0.717, 1.165) is 10.8 Å². The van der Waals surface area contributed by atoms with E-state index in [1.807, 2.05) is 43.3 Å². The van der Waals surface area contributed by atoms with Crippen LogP contribution in [0.2, 0.25) is 0 Å². The highest BCUT2D eigenvalue weighted by molar-refractivity contribution is 6.02. The van der Waals surface area contributed by atoms with Crippen LogP contribution in [-0.4, -0.2) is 56.5 Å².